The fraction of sp³-hybridized carbons (Fsp3) is 0.294. The molecule has 24 heavy (non-hydrogen) atoms. The molecular formula is C17H15F3N2O2. The normalized spacial score (nSPS) is 11.2. The lowest BCUT2D eigenvalue weighted by Crippen LogP contribution is -2.37. The van der Waals surface area contributed by atoms with Gasteiger partial charge in [-0.25, -0.2) is 0 Å². The highest BCUT2D eigenvalue weighted by Gasteiger charge is 2.31. The average Bonchev–Trinajstić information content (AvgIpc) is 2.51. The van der Waals surface area contributed by atoms with Crippen molar-refractivity contribution in [2.75, 3.05) is 6.54 Å². The van der Waals surface area contributed by atoms with Gasteiger partial charge in [0.25, 0.3) is 11.8 Å². The molecule has 1 aromatic carbocycles. The van der Waals surface area contributed by atoms with Crippen LogP contribution in [-0.2, 0) is 15.8 Å². The third kappa shape index (κ3) is 6.05. The predicted octanol–water partition coefficient (Wildman–Crippen LogP) is 2.03. The maximum Gasteiger partial charge on any atom is 0.416 e. The number of halogens is 3. The van der Waals surface area contributed by atoms with E-state index in [1.54, 1.807) is 0 Å². The van der Waals surface area contributed by atoms with Crippen LogP contribution in [0.2, 0.25) is 0 Å². The molecule has 4 nitrogen and oxygen atoms in total. The number of rotatable bonds is 4. The van der Waals surface area contributed by atoms with E-state index in [1.165, 1.54) is 26.0 Å². The van der Waals surface area contributed by atoms with Crippen molar-refractivity contribution in [3.63, 3.8) is 0 Å². The van der Waals surface area contributed by atoms with Crippen LogP contribution in [0.1, 0.15) is 31.0 Å². The second kappa shape index (κ2) is 8.64. The molecule has 0 saturated carbocycles. The number of hydrogen-bond acceptors (Lipinski definition) is 2. The van der Waals surface area contributed by atoms with Gasteiger partial charge in [0.2, 0.25) is 0 Å². The predicted molar refractivity (Wildman–Crippen MR) is 82.2 cm³/mol. The summed E-state index contributed by atoms with van der Waals surface area (Å²) in [6, 6.07) is 3.63. The number of carbonyl (C=O) groups is 2. The topological polar surface area (TPSA) is 58.2 Å². The standard InChI is InChI=1S/C17H15F3N2O2/c1-3-6-15(23)21-11-14(22-16(24)7-4-2)12-8-5-9-13(10-12)17(18,19)20/h5,8-10,14H,11H2,1-2H3,(H,21,23)(H,22,24). The molecule has 0 fully saturated rings. The molecule has 1 aromatic rings. The maximum atomic E-state index is 12.8. The Balaban J connectivity index is 3.06. The summed E-state index contributed by atoms with van der Waals surface area (Å²) in [4.78, 5) is 23.0. The van der Waals surface area contributed by atoms with Crippen LogP contribution in [0.4, 0.5) is 13.2 Å². The third-order valence-corrected chi connectivity index (χ3v) is 2.87. The van der Waals surface area contributed by atoms with Crippen LogP contribution >= 0.6 is 0 Å². The van der Waals surface area contributed by atoms with Crippen LogP contribution in [0.5, 0.6) is 0 Å². The number of carbonyl (C=O) groups excluding carboxylic acids is 2. The van der Waals surface area contributed by atoms with Gasteiger partial charge in [-0.2, -0.15) is 13.2 Å². The molecule has 0 bridgehead atoms. The van der Waals surface area contributed by atoms with E-state index in [4.69, 9.17) is 0 Å². The van der Waals surface area contributed by atoms with E-state index in [9.17, 15) is 22.8 Å². The molecule has 2 amide bonds. The van der Waals surface area contributed by atoms with E-state index in [-0.39, 0.29) is 12.1 Å². The Morgan fingerprint density at radius 1 is 1.12 bits per heavy atom. The first-order valence-electron chi connectivity index (χ1n) is 6.89. The van der Waals surface area contributed by atoms with E-state index in [2.05, 4.69) is 34.3 Å². The zero-order valence-corrected chi connectivity index (χ0v) is 13.0. The van der Waals surface area contributed by atoms with Crippen molar-refractivity contribution < 1.29 is 22.8 Å². The summed E-state index contributed by atoms with van der Waals surface area (Å²) < 4.78 is 38.5. The monoisotopic (exact) mass is 336 g/mol. The van der Waals surface area contributed by atoms with Gasteiger partial charge in [-0.15, -0.1) is 0 Å². The van der Waals surface area contributed by atoms with Crippen LogP contribution in [0, 0.1) is 23.7 Å². The van der Waals surface area contributed by atoms with Crippen molar-refractivity contribution >= 4 is 11.8 Å². The van der Waals surface area contributed by atoms with Gasteiger partial charge in [0, 0.05) is 6.54 Å². The fourth-order valence-corrected chi connectivity index (χ4v) is 1.84. The molecule has 0 aromatic heterocycles. The molecule has 0 aliphatic rings. The molecule has 1 atom stereocenters. The van der Waals surface area contributed by atoms with Gasteiger partial charge in [-0.05, 0) is 43.4 Å². The van der Waals surface area contributed by atoms with Crippen LogP contribution < -0.4 is 10.6 Å². The Kier molecular flexibility index (Phi) is 6.88. The van der Waals surface area contributed by atoms with E-state index in [0.29, 0.717) is 0 Å². The van der Waals surface area contributed by atoms with Gasteiger partial charge < -0.3 is 10.6 Å². The number of alkyl halides is 3. The summed E-state index contributed by atoms with van der Waals surface area (Å²) in [6.07, 6.45) is -4.51. The van der Waals surface area contributed by atoms with Gasteiger partial charge >= 0.3 is 6.18 Å². The van der Waals surface area contributed by atoms with Crippen LogP contribution in [0.3, 0.4) is 0 Å². The van der Waals surface area contributed by atoms with Crippen LogP contribution in [-0.4, -0.2) is 18.4 Å². The van der Waals surface area contributed by atoms with Gasteiger partial charge in [-0.3, -0.25) is 9.59 Å². The summed E-state index contributed by atoms with van der Waals surface area (Å²) in [5.74, 6) is 8.03. The fourth-order valence-electron chi connectivity index (χ4n) is 1.84. The smallest absolute Gasteiger partial charge is 0.343 e. The van der Waals surface area contributed by atoms with E-state index >= 15 is 0 Å². The molecule has 0 spiro atoms. The lowest BCUT2D eigenvalue weighted by Gasteiger charge is -2.19. The summed E-state index contributed by atoms with van der Waals surface area (Å²) >= 11 is 0. The molecule has 1 rings (SSSR count). The average molecular weight is 336 g/mol. The van der Waals surface area contributed by atoms with Gasteiger partial charge in [0.05, 0.1) is 11.6 Å². The maximum absolute atomic E-state index is 12.8. The molecule has 0 aliphatic carbocycles. The Bertz CT molecular complexity index is 734. The molecule has 7 heteroatoms. The second-order valence-electron chi connectivity index (χ2n) is 4.61. The first-order valence-corrected chi connectivity index (χ1v) is 6.89. The van der Waals surface area contributed by atoms with E-state index < -0.39 is 29.6 Å². The summed E-state index contributed by atoms with van der Waals surface area (Å²) in [7, 11) is 0. The van der Waals surface area contributed by atoms with Crippen molar-refractivity contribution in [3.8, 4) is 23.7 Å². The zero-order chi connectivity index (χ0) is 18.2. The van der Waals surface area contributed by atoms with Crippen molar-refractivity contribution in [1.82, 2.24) is 10.6 Å². The lowest BCUT2D eigenvalue weighted by atomic mass is 10.0. The molecule has 0 radical (unpaired) electrons. The first kappa shape index (κ1) is 19.1. The first-order chi connectivity index (χ1) is 11.3. The minimum absolute atomic E-state index is 0.119. The molecule has 2 N–H and O–H groups in total. The summed E-state index contributed by atoms with van der Waals surface area (Å²) in [6.45, 7) is 2.81. The highest BCUT2D eigenvalue weighted by molar-refractivity contribution is 5.94. The van der Waals surface area contributed by atoms with Crippen LogP contribution in [0.25, 0.3) is 0 Å². The van der Waals surface area contributed by atoms with Gasteiger partial charge in [0.1, 0.15) is 0 Å². The SMILES string of the molecule is CC#CC(=O)NCC(NC(=O)C#CC)c1cccc(C(F)(F)F)c1. The lowest BCUT2D eigenvalue weighted by molar-refractivity contribution is -0.137. The molecular weight excluding hydrogens is 321 g/mol. The van der Waals surface area contributed by atoms with E-state index in [0.717, 1.165) is 12.1 Å². The second-order valence-corrected chi connectivity index (χ2v) is 4.61. The molecule has 1 unspecified atom stereocenters. The minimum atomic E-state index is -4.51. The zero-order valence-electron chi connectivity index (χ0n) is 13.0. The van der Waals surface area contributed by atoms with Crippen molar-refractivity contribution in [1.29, 1.82) is 0 Å². The third-order valence-electron chi connectivity index (χ3n) is 2.87. The van der Waals surface area contributed by atoms with Gasteiger partial charge in [-0.1, -0.05) is 24.0 Å². The minimum Gasteiger partial charge on any atom is -0.343 e. The quantitative estimate of drug-likeness (QED) is 0.827. The van der Waals surface area contributed by atoms with Crippen molar-refractivity contribution in [2.45, 2.75) is 26.1 Å². The Morgan fingerprint density at radius 3 is 2.33 bits per heavy atom. The van der Waals surface area contributed by atoms with Crippen LogP contribution in [0.15, 0.2) is 24.3 Å². The highest BCUT2D eigenvalue weighted by atomic mass is 19.4. The number of benzene rings is 1. The molecule has 0 heterocycles. The van der Waals surface area contributed by atoms with Crippen molar-refractivity contribution in [3.05, 3.63) is 35.4 Å². The Morgan fingerprint density at radius 2 is 1.75 bits per heavy atom. The van der Waals surface area contributed by atoms with E-state index in [1.807, 2.05) is 0 Å². The number of hydrogen-bond donors (Lipinski definition) is 2. The number of nitrogens with one attached hydrogen (secondary N) is 2. The molecule has 0 aliphatic heterocycles. The molecule has 0 saturated heterocycles. The highest BCUT2D eigenvalue weighted by Crippen LogP contribution is 2.30. The number of amides is 2. The Labute approximate surface area is 137 Å². The van der Waals surface area contributed by atoms with Gasteiger partial charge in [0.15, 0.2) is 0 Å². The molecule has 126 valence electrons. The largest absolute Gasteiger partial charge is 0.416 e. The summed E-state index contributed by atoms with van der Waals surface area (Å²) in [5.41, 5.74) is -0.652. The van der Waals surface area contributed by atoms with Crippen molar-refractivity contribution in [2.24, 2.45) is 0 Å². The summed E-state index contributed by atoms with van der Waals surface area (Å²) in [5, 5.41) is 4.90. The Hall–Kier alpha value is -2.93.